The molecule has 0 atom stereocenters. The first-order valence-corrected chi connectivity index (χ1v) is 9.31. The molecule has 0 saturated carbocycles. The van der Waals surface area contributed by atoms with Gasteiger partial charge in [0.15, 0.2) is 0 Å². The second kappa shape index (κ2) is 7.22. The van der Waals surface area contributed by atoms with Crippen LogP contribution in [0.3, 0.4) is 0 Å². The third-order valence-electron chi connectivity index (χ3n) is 4.90. The van der Waals surface area contributed by atoms with Crippen molar-refractivity contribution in [2.45, 2.75) is 26.2 Å². The molecule has 5 heteroatoms. The zero-order valence-corrected chi connectivity index (χ0v) is 15.5. The SMILES string of the molecule is Cc1cc(Cc2ccc(F)cc2)nn1-c1c(Cl)ccc2c1CCNCC2. The quantitative estimate of drug-likeness (QED) is 0.747. The van der Waals surface area contributed by atoms with Gasteiger partial charge >= 0.3 is 0 Å². The normalized spacial score (nSPS) is 14.1. The fourth-order valence-electron chi connectivity index (χ4n) is 3.62. The summed E-state index contributed by atoms with van der Waals surface area (Å²) in [5.74, 6) is -0.220. The fraction of sp³-hybridized carbons (Fsp3) is 0.286. The van der Waals surface area contributed by atoms with Crippen LogP contribution in [0.4, 0.5) is 4.39 Å². The van der Waals surface area contributed by atoms with Gasteiger partial charge in [0.05, 0.1) is 16.4 Å². The minimum atomic E-state index is -0.220. The summed E-state index contributed by atoms with van der Waals surface area (Å²) >= 11 is 6.58. The molecule has 0 fully saturated rings. The molecule has 0 unspecified atom stereocenters. The van der Waals surface area contributed by atoms with Crippen LogP contribution in [0.1, 0.15) is 28.1 Å². The summed E-state index contributed by atoms with van der Waals surface area (Å²) in [6.07, 6.45) is 2.61. The lowest BCUT2D eigenvalue weighted by Crippen LogP contribution is -2.16. The van der Waals surface area contributed by atoms with Crippen LogP contribution in [0.2, 0.25) is 5.02 Å². The first-order valence-electron chi connectivity index (χ1n) is 8.93. The Morgan fingerprint density at radius 2 is 1.88 bits per heavy atom. The van der Waals surface area contributed by atoms with Crippen LogP contribution >= 0.6 is 11.6 Å². The highest BCUT2D eigenvalue weighted by Crippen LogP contribution is 2.30. The van der Waals surface area contributed by atoms with Gasteiger partial charge in [-0.15, -0.1) is 0 Å². The van der Waals surface area contributed by atoms with Gasteiger partial charge in [0.1, 0.15) is 5.82 Å². The second-order valence-corrected chi connectivity index (χ2v) is 7.18. The van der Waals surface area contributed by atoms with E-state index in [4.69, 9.17) is 16.7 Å². The van der Waals surface area contributed by atoms with Gasteiger partial charge in [0.2, 0.25) is 0 Å². The number of hydrogen-bond donors (Lipinski definition) is 1. The maximum absolute atomic E-state index is 13.1. The van der Waals surface area contributed by atoms with E-state index in [0.717, 1.165) is 53.6 Å². The van der Waals surface area contributed by atoms with E-state index in [1.807, 2.05) is 17.7 Å². The van der Waals surface area contributed by atoms with E-state index in [0.29, 0.717) is 6.42 Å². The van der Waals surface area contributed by atoms with Crippen LogP contribution in [-0.2, 0) is 19.3 Å². The highest BCUT2D eigenvalue weighted by Gasteiger charge is 2.18. The summed E-state index contributed by atoms with van der Waals surface area (Å²) < 4.78 is 15.1. The maximum Gasteiger partial charge on any atom is 0.123 e. The van der Waals surface area contributed by atoms with E-state index in [9.17, 15) is 4.39 Å². The Bertz CT molecular complexity index is 931. The van der Waals surface area contributed by atoms with Crippen molar-refractivity contribution >= 4 is 11.6 Å². The van der Waals surface area contributed by atoms with Crippen molar-refractivity contribution in [1.82, 2.24) is 15.1 Å². The van der Waals surface area contributed by atoms with Gasteiger partial charge in [-0.2, -0.15) is 5.10 Å². The molecule has 2 heterocycles. The average Bonchev–Trinajstić information content (AvgIpc) is 2.82. The van der Waals surface area contributed by atoms with Gasteiger partial charge in [-0.1, -0.05) is 29.8 Å². The molecule has 0 saturated heterocycles. The van der Waals surface area contributed by atoms with E-state index >= 15 is 0 Å². The minimum absolute atomic E-state index is 0.220. The molecular formula is C21H21ClFN3. The molecule has 0 radical (unpaired) electrons. The molecule has 134 valence electrons. The molecule has 0 spiro atoms. The lowest BCUT2D eigenvalue weighted by atomic mass is 10.0. The molecule has 0 aliphatic carbocycles. The van der Waals surface area contributed by atoms with Crippen molar-refractivity contribution in [3.05, 3.63) is 81.4 Å². The topological polar surface area (TPSA) is 29.9 Å². The standard InChI is InChI=1S/C21H21ClFN3/c1-14-12-18(13-15-2-5-17(23)6-3-15)25-26(14)21-19-9-11-24-10-8-16(19)4-7-20(21)22/h2-7,12,24H,8-11,13H2,1H3. The number of benzene rings is 2. The van der Waals surface area contributed by atoms with Crippen LogP contribution in [-0.4, -0.2) is 22.9 Å². The molecule has 1 aliphatic heterocycles. The number of halogens is 2. The molecule has 1 aliphatic rings. The van der Waals surface area contributed by atoms with E-state index in [-0.39, 0.29) is 5.82 Å². The number of rotatable bonds is 3. The number of aryl methyl sites for hydroxylation is 1. The third kappa shape index (κ3) is 3.39. The Labute approximate surface area is 157 Å². The molecule has 26 heavy (non-hydrogen) atoms. The van der Waals surface area contributed by atoms with E-state index in [1.165, 1.54) is 23.3 Å². The van der Waals surface area contributed by atoms with Gasteiger partial charge in [-0.25, -0.2) is 9.07 Å². The minimum Gasteiger partial charge on any atom is -0.316 e. The monoisotopic (exact) mass is 369 g/mol. The smallest absolute Gasteiger partial charge is 0.123 e. The predicted octanol–water partition coefficient (Wildman–Crippen LogP) is 4.25. The second-order valence-electron chi connectivity index (χ2n) is 6.78. The molecule has 1 aromatic heterocycles. The van der Waals surface area contributed by atoms with Crippen LogP contribution in [0, 0.1) is 12.7 Å². The molecule has 4 rings (SSSR count). The first-order chi connectivity index (χ1) is 12.6. The largest absolute Gasteiger partial charge is 0.316 e. The average molecular weight is 370 g/mol. The Morgan fingerprint density at radius 3 is 2.69 bits per heavy atom. The van der Waals surface area contributed by atoms with Crippen molar-refractivity contribution in [2.24, 2.45) is 0 Å². The predicted molar refractivity (Wildman–Crippen MR) is 103 cm³/mol. The number of nitrogens with zero attached hydrogens (tertiary/aromatic N) is 2. The van der Waals surface area contributed by atoms with E-state index in [2.05, 4.69) is 17.4 Å². The first kappa shape index (κ1) is 17.3. The van der Waals surface area contributed by atoms with Crippen molar-refractivity contribution in [1.29, 1.82) is 0 Å². The third-order valence-corrected chi connectivity index (χ3v) is 5.21. The zero-order valence-electron chi connectivity index (χ0n) is 14.7. The molecule has 0 bridgehead atoms. The van der Waals surface area contributed by atoms with Crippen molar-refractivity contribution in [3.63, 3.8) is 0 Å². The Balaban J connectivity index is 1.73. The summed E-state index contributed by atoms with van der Waals surface area (Å²) in [5.41, 5.74) is 6.66. The van der Waals surface area contributed by atoms with Gasteiger partial charge in [-0.05, 0) is 73.8 Å². The number of nitrogens with one attached hydrogen (secondary N) is 1. The van der Waals surface area contributed by atoms with Crippen molar-refractivity contribution in [2.75, 3.05) is 13.1 Å². The summed E-state index contributed by atoms with van der Waals surface area (Å²) in [6.45, 7) is 3.98. The maximum atomic E-state index is 13.1. The van der Waals surface area contributed by atoms with Gasteiger partial charge in [0, 0.05) is 12.1 Å². The van der Waals surface area contributed by atoms with Crippen LogP contribution in [0.25, 0.3) is 5.69 Å². The van der Waals surface area contributed by atoms with Crippen LogP contribution < -0.4 is 5.32 Å². The molecular weight excluding hydrogens is 349 g/mol. The highest BCUT2D eigenvalue weighted by molar-refractivity contribution is 6.32. The van der Waals surface area contributed by atoms with E-state index < -0.39 is 0 Å². The van der Waals surface area contributed by atoms with Crippen LogP contribution in [0.15, 0.2) is 42.5 Å². The van der Waals surface area contributed by atoms with Gasteiger partial charge in [-0.3, -0.25) is 0 Å². The van der Waals surface area contributed by atoms with Crippen molar-refractivity contribution in [3.8, 4) is 5.69 Å². The Morgan fingerprint density at radius 1 is 1.12 bits per heavy atom. The molecule has 0 amide bonds. The zero-order chi connectivity index (χ0) is 18.1. The Kier molecular flexibility index (Phi) is 4.79. The van der Waals surface area contributed by atoms with Crippen molar-refractivity contribution < 1.29 is 4.39 Å². The summed E-state index contributed by atoms with van der Waals surface area (Å²) in [4.78, 5) is 0. The van der Waals surface area contributed by atoms with Gasteiger partial charge in [0.25, 0.3) is 0 Å². The summed E-state index contributed by atoms with van der Waals surface area (Å²) in [7, 11) is 0. The lowest BCUT2D eigenvalue weighted by Gasteiger charge is -2.15. The Hall–Kier alpha value is -2.17. The molecule has 1 N–H and O–H groups in total. The highest BCUT2D eigenvalue weighted by atomic mass is 35.5. The number of fused-ring (bicyclic) bond motifs is 1. The number of hydrogen-bond acceptors (Lipinski definition) is 2. The molecule has 3 nitrogen and oxygen atoms in total. The van der Waals surface area contributed by atoms with Crippen LogP contribution in [0.5, 0.6) is 0 Å². The number of aromatic nitrogens is 2. The fourth-order valence-corrected chi connectivity index (χ4v) is 3.87. The van der Waals surface area contributed by atoms with Gasteiger partial charge < -0.3 is 5.32 Å². The van der Waals surface area contributed by atoms with E-state index in [1.54, 1.807) is 12.1 Å². The summed E-state index contributed by atoms with van der Waals surface area (Å²) in [6, 6.07) is 12.8. The summed E-state index contributed by atoms with van der Waals surface area (Å²) in [5, 5.41) is 8.99. The lowest BCUT2D eigenvalue weighted by molar-refractivity contribution is 0.627. The molecule has 2 aromatic carbocycles. The molecule has 3 aromatic rings.